The van der Waals surface area contributed by atoms with Gasteiger partial charge in [0.1, 0.15) is 5.69 Å². The molecular weight excluding hydrogens is 370 g/mol. The van der Waals surface area contributed by atoms with Gasteiger partial charge in [-0.2, -0.15) is 0 Å². The number of benzene rings is 2. The summed E-state index contributed by atoms with van der Waals surface area (Å²) in [5, 5.41) is 3.80. The normalized spacial score (nSPS) is 12.1. The Labute approximate surface area is 166 Å². The predicted molar refractivity (Wildman–Crippen MR) is 110 cm³/mol. The Kier molecular flexibility index (Phi) is 5.14. The van der Waals surface area contributed by atoms with Gasteiger partial charge < -0.3 is 14.9 Å². The van der Waals surface area contributed by atoms with Gasteiger partial charge in [0.2, 0.25) is 0 Å². The van der Waals surface area contributed by atoms with Crippen molar-refractivity contribution in [1.82, 2.24) is 15.3 Å². The van der Waals surface area contributed by atoms with Crippen LogP contribution in [-0.2, 0) is 17.7 Å². The molecule has 0 bridgehead atoms. The number of nitrogens with zero attached hydrogens (tertiary/aromatic N) is 1. The average Bonchev–Trinajstić information content (AvgIpc) is 3.17. The van der Waals surface area contributed by atoms with Crippen molar-refractivity contribution in [3.63, 3.8) is 0 Å². The first-order valence-electron chi connectivity index (χ1n) is 8.89. The van der Waals surface area contributed by atoms with Crippen LogP contribution in [0.15, 0.2) is 82.8 Å². The first-order chi connectivity index (χ1) is 13.6. The summed E-state index contributed by atoms with van der Waals surface area (Å²) < 4.78 is 12.7. The number of aryl methyl sites for hydroxylation is 1. The Bertz CT molecular complexity index is 1090. The number of hydrogen-bond acceptors (Lipinski definition) is 3. The van der Waals surface area contributed by atoms with Crippen LogP contribution < -0.4 is 5.32 Å². The third-order valence-electron chi connectivity index (χ3n) is 4.55. The number of hydrogen-bond donors (Lipinski definition) is 2. The maximum Gasteiger partial charge on any atom is 0.267 e. The number of carbonyl (C=O) groups is 1. The summed E-state index contributed by atoms with van der Waals surface area (Å²) in [6, 6.07) is 18.8. The molecule has 0 saturated heterocycles. The van der Waals surface area contributed by atoms with E-state index < -0.39 is 11.2 Å². The highest BCUT2D eigenvalue weighted by molar-refractivity contribution is 7.91. The van der Waals surface area contributed by atoms with Crippen LogP contribution in [0, 0.1) is 6.92 Å². The van der Waals surface area contributed by atoms with Gasteiger partial charge in [0.25, 0.3) is 5.91 Å². The number of carbonyl (C=O) groups excluding carboxylic acids is 1. The number of nitrogens with one attached hydrogen (secondary N) is 2. The van der Waals surface area contributed by atoms with Crippen molar-refractivity contribution in [3.8, 4) is 0 Å². The third-order valence-corrected chi connectivity index (χ3v) is 6.11. The van der Waals surface area contributed by atoms with Crippen LogP contribution in [0.2, 0.25) is 0 Å². The number of fused-ring (bicyclic) bond motifs is 1. The summed E-state index contributed by atoms with van der Waals surface area (Å²) in [6.45, 7) is 2.35. The Morgan fingerprint density at radius 2 is 1.93 bits per heavy atom. The average molecular weight is 389 g/mol. The van der Waals surface area contributed by atoms with Gasteiger partial charge in [-0.05, 0) is 42.8 Å². The molecule has 0 radical (unpaired) electrons. The molecule has 1 atom stereocenters. The zero-order valence-electron chi connectivity index (χ0n) is 15.3. The molecule has 0 fully saturated rings. The van der Waals surface area contributed by atoms with Gasteiger partial charge in [0.05, 0.1) is 0 Å². The lowest BCUT2D eigenvalue weighted by molar-refractivity contribution is 0.0946. The van der Waals surface area contributed by atoms with Crippen molar-refractivity contribution in [2.45, 2.75) is 23.3 Å². The molecule has 1 unspecified atom stereocenters. The van der Waals surface area contributed by atoms with E-state index in [2.05, 4.69) is 15.3 Å². The second kappa shape index (κ2) is 7.88. The fraction of sp³-hybridized carbons (Fsp3) is 0.0909. The van der Waals surface area contributed by atoms with E-state index in [-0.39, 0.29) is 5.91 Å². The summed E-state index contributed by atoms with van der Waals surface area (Å²) in [6.07, 6.45) is 3.40. The van der Waals surface area contributed by atoms with Crippen LogP contribution >= 0.6 is 0 Å². The molecule has 6 heteroatoms. The topological polar surface area (TPSA) is 80.8 Å². The molecule has 4 rings (SSSR count). The van der Waals surface area contributed by atoms with Crippen molar-refractivity contribution >= 4 is 28.0 Å². The smallest absolute Gasteiger partial charge is 0.267 e. The van der Waals surface area contributed by atoms with Crippen molar-refractivity contribution in [2.75, 3.05) is 0 Å². The molecule has 0 saturated carbocycles. The zero-order valence-corrected chi connectivity index (χ0v) is 16.1. The molecule has 2 N–H and O–H groups in total. The summed E-state index contributed by atoms with van der Waals surface area (Å²) in [5.74, 6) is -0.177. The van der Waals surface area contributed by atoms with Crippen LogP contribution in [0.25, 0.3) is 10.9 Å². The standard InChI is InChI=1S/C22H19N3O2S/c1-15-4-2-3-5-21(15)28(27)18-8-6-16(7-9-18)13-24-22(26)20-12-17-14-23-11-10-19(17)25-20/h2-12,14,25H,13H2,1H3,(H,24,26). The number of rotatable bonds is 5. The van der Waals surface area contributed by atoms with Crippen LogP contribution in [0.3, 0.4) is 0 Å². The van der Waals surface area contributed by atoms with Crippen LogP contribution in [-0.4, -0.2) is 20.4 Å². The first kappa shape index (κ1) is 18.3. The van der Waals surface area contributed by atoms with Gasteiger partial charge in [0, 0.05) is 46.6 Å². The molecule has 2 aromatic carbocycles. The van der Waals surface area contributed by atoms with E-state index in [0.717, 1.165) is 31.8 Å². The molecular formula is C22H19N3O2S. The van der Waals surface area contributed by atoms with E-state index in [1.54, 1.807) is 18.5 Å². The van der Waals surface area contributed by atoms with Gasteiger partial charge in [-0.3, -0.25) is 9.78 Å². The molecule has 1 amide bonds. The molecule has 0 aliphatic carbocycles. The second-order valence-corrected chi connectivity index (χ2v) is 7.96. The summed E-state index contributed by atoms with van der Waals surface area (Å²) in [7, 11) is 0. The monoisotopic (exact) mass is 389 g/mol. The number of aromatic amines is 1. The molecule has 2 aromatic heterocycles. The molecule has 28 heavy (non-hydrogen) atoms. The van der Waals surface area contributed by atoms with Gasteiger partial charge in [-0.25, -0.2) is 0 Å². The fourth-order valence-electron chi connectivity index (χ4n) is 2.99. The van der Waals surface area contributed by atoms with Crippen LogP contribution in [0.4, 0.5) is 0 Å². The first-order valence-corrected chi connectivity index (χ1v) is 10.0. The lowest BCUT2D eigenvalue weighted by Gasteiger charge is -2.12. The van der Waals surface area contributed by atoms with Crippen molar-refractivity contribution < 1.29 is 9.35 Å². The van der Waals surface area contributed by atoms with E-state index in [9.17, 15) is 9.35 Å². The minimum atomic E-state index is -1.22. The lowest BCUT2D eigenvalue weighted by Crippen LogP contribution is -2.23. The molecule has 0 aliphatic rings. The van der Waals surface area contributed by atoms with Gasteiger partial charge in [-0.1, -0.05) is 30.3 Å². The van der Waals surface area contributed by atoms with Gasteiger partial charge in [0.15, 0.2) is 9.79 Å². The molecule has 2 heterocycles. The minimum absolute atomic E-state index is 0.177. The highest BCUT2D eigenvalue weighted by atomic mass is 32.2. The zero-order chi connectivity index (χ0) is 19.5. The van der Waals surface area contributed by atoms with Crippen molar-refractivity contribution in [1.29, 1.82) is 0 Å². The summed E-state index contributed by atoms with van der Waals surface area (Å²) in [4.78, 5) is 21.1. The van der Waals surface area contributed by atoms with Gasteiger partial charge in [-0.15, -0.1) is 0 Å². The minimum Gasteiger partial charge on any atom is -0.606 e. The largest absolute Gasteiger partial charge is 0.606 e. The number of H-pyrrole nitrogens is 1. The van der Waals surface area contributed by atoms with E-state index in [1.807, 2.05) is 61.5 Å². The quantitative estimate of drug-likeness (QED) is 0.507. The van der Waals surface area contributed by atoms with Crippen molar-refractivity contribution in [2.24, 2.45) is 0 Å². The molecule has 140 valence electrons. The SMILES string of the molecule is Cc1ccccc1[S+]([O-])c1ccc(CNC(=O)c2cc3cnccc3[nH]2)cc1. The van der Waals surface area contributed by atoms with Gasteiger partial charge >= 0.3 is 0 Å². The fourth-order valence-corrected chi connectivity index (χ4v) is 4.19. The van der Waals surface area contributed by atoms with Crippen molar-refractivity contribution in [3.05, 3.63) is 89.9 Å². The summed E-state index contributed by atoms with van der Waals surface area (Å²) in [5.41, 5.74) is 3.32. The van der Waals surface area contributed by atoms with E-state index >= 15 is 0 Å². The molecule has 0 aliphatic heterocycles. The number of aromatic nitrogens is 2. The Hall–Kier alpha value is -3.09. The second-order valence-electron chi connectivity index (χ2n) is 6.51. The van der Waals surface area contributed by atoms with Crippen LogP contribution in [0.1, 0.15) is 21.6 Å². The highest BCUT2D eigenvalue weighted by Crippen LogP contribution is 2.23. The lowest BCUT2D eigenvalue weighted by atomic mass is 10.2. The predicted octanol–water partition coefficient (Wildman–Crippen LogP) is 3.97. The van der Waals surface area contributed by atoms with E-state index in [0.29, 0.717) is 12.2 Å². The summed E-state index contributed by atoms with van der Waals surface area (Å²) >= 11 is -1.22. The Balaban J connectivity index is 1.42. The molecule has 4 aromatic rings. The van der Waals surface area contributed by atoms with E-state index in [1.165, 1.54) is 0 Å². The Morgan fingerprint density at radius 1 is 1.14 bits per heavy atom. The maximum absolute atomic E-state index is 12.7. The Morgan fingerprint density at radius 3 is 2.68 bits per heavy atom. The van der Waals surface area contributed by atoms with Crippen LogP contribution in [0.5, 0.6) is 0 Å². The third kappa shape index (κ3) is 3.78. The highest BCUT2D eigenvalue weighted by Gasteiger charge is 2.17. The van der Waals surface area contributed by atoms with E-state index in [4.69, 9.17) is 0 Å². The number of pyridine rings is 1. The molecule has 0 spiro atoms. The molecule has 5 nitrogen and oxygen atoms in total. The number of amides is 1. The maximum atomic E-state index is 12.7.